The minimum absolute atomic E-state index is 0.646. The Balaban J connectivity index is 2.72. The maximum atomic E-state index is 3.99. The van der Waals surface area contributed by atoms with Crippen LogP contribution >= 0.6 is 0 Å². The van der Waals surface area contributed by atoms with Crippen molar-refractivity contribution in [2.75, 3.05) is 0 Å². The Kier molecular flexibility index (Phi) is 2.70. The van der Waals surface area contributed by atoms with Crippen LogP contribution in [-0.2, 0) is 0 Å². The van der Waals surface area contributed by atoms with Crippen LogP contribution in [0.3, 0.4) is 0 Å². The van der Waals surface area contributed by atoms with Crippen LogP contribution in [-0.4, -0.2) is 0 Å². The Morgan fingerprint density at radius 2 is 2.36 bits per heavy atom. The van der Waals surface area contributed by atoms with Gasteiger partial charge >= 0.3 is 0 Å². The van der Waals surface area contributed by atoms with Crippen LogP contribution in [0, 0.1) is 5.92 Å². The van der Waals surface area contributed by atoms with E-state index in [1.54, 1.807) is 0 Å². The third-order valence-electron chi connectivity index (χ3n) is 2.33. The first-order valence-corrected chi connectivity index (χ1v) is 4.22. The molecule has 1 saturated carbocycles. The first-order valence-electron chi connectivity index (χ1n) is 4.22. The molecule has 60 valence electrons. The van der Waals surface area contributed by atoms with Crippen molar-refractivity contribution in [2.45, 2.75) is 26.2 Å². The van der Waals surface area contributed by atoms with Crippen molar-refractivity contribution in [3.8, 4) is 0 Å². The third-order valence-corrected chi connectivity index (χ3v) is 2.33. The van der Waals surface area contributed by atoms with E-state index in [-0.39, 0.29) is 0 Å². The highest BCUT2D eigenvalue weighted by molar-refractivity contribution is 5.24. The molecule has 0 aromatic rings. The van der Waals surface area contributed by atoms with Crippen molar-refractivity contribution in [1.29, 1.82) is 0 Å². The van der Waals surface area contributed by atoms with Crippen LogP contribution in [0.1, 0.15) is 26.2 Å². The minimum Gasteiger partial charge on any atom is -0.0995 e. The van der Waals surface area contributed by atoms with Gasteiger partial charge in [0.1, 0.15) is 0 Å². The predicted molar refractivity (Wildman–Crippen MR) is 50.4 cm³/mol. The fourth-order valence-corrected chi connectivity index (χ4v) is 1.78. The summed E-state index contributed by atoms with van der Waals surface area (Å²) in [5.41, 5.74) is 2.82. The summed E-state index contributed by atoms with van der Waals surface area (Å²) in [6.07, 6.45) is 7.87. The summed E-state index contributed by atoms with van der Waals surface area (Å²) in [4.78, 5) is 0. The molecule has 1 atom stereocenters. The molecule has 0 N–H and O–H groups in total. The maximum Gasteiger partial charge on any atom is 0.000470 e. The average molecular weight is 148 g/mol. The van der Waals surface area contributed by atoms with E-state index in [2.05, 4.69) is 26.2 Å². The second kappa shape index (κ2) is 3.56. The molecule has 0 radical (unpaired) electrons. The van der Waals surface area contributed by atoms with E-state index in [1.165, 1.54) is 30.4 Å². The molecule has 0 aliphatic heterocycles. The molecular formula is C11H16. The highest BCUT2D eigenvalue weighted by Gasteiger charge is 2.20. The highest BCUT2D eigenvalue weighted by Crippen LogP contribution is 2.35. The largest absolute Gasteiger partial charge is 0.0995 e. The van der Waals surface area contributed by atoms with Gasteiger partial charge in [-0.3, -0.25) is 0 Å². The van der Waals surface area contributed by atoms with Crippen LogP contribution < -0.4 is 0 Å². The van der Waals surface area contributed by atoms with Gasteiger partial charge in [-0.2, -0.15) is 0 Å². The van der Waals surface area contributed by atoms with Gasteiger partial charge in [-0.25, -0.2) is 0 Å². The van der Waals surface area contributed by atoms with Crippen molar-refractivity contribution in [3.63, 3.8) is 0 Å². The van der Waals surface area contributed by atoms with Gasteiger partial charge in [-0.15, -0.1) is 0 Å². The molecule has 0 amide bonds. The normalized spacial score (nSPS) is 27.4. The summed E-state index contributed by atoms with van der Waals surface area (Å²) in [7, 11) is 0. The lowest BCUT2D eigenvalue weighted by Crippen LogP contribution is -1.96. The fourth-order valence-electron chi connectivity index (χ4n) is 1.78. The minimum atomic E-state index is 0.646. The molecule has 1 rings (SSSR count). The van der Waals surface area contributed by atoms with E-state index in [0.29, 0.717) is 5.92 Å². The molecule has 0 spiro atoms. The molecule has 1 aliphatic rings. The number of allylic oxidation sites excluding steroid dienone is 4. The second-order valence-corrected chi connectivity index (χ2v) is 3.27. The van der Waals surface area contributed by atoms with E-state index in [9.17, 15) is 0 Å². The Hall–Kier alpha value is -0.780. The van der Waals surface area contributed by atoms with Gasteiger partial charge in [0.2, 0.25) is 0 Å². The Bertz CT molecular complexity index is 196. The molecule has 0 heterocycles. The Morgan fingerprint density at radius 3 is 2.91 bits per heavy atom. The highest BCUT2D eigenvalue weighted by atomic mass is 14.2. The van der Waals surface area contributed by atoms with E-state index in [0.717, 1.165) is 0 Å². The molecule has 1 unspecified atom stereocenters. The summed E-state index contributed by atoms with van der Waals surface area (Å²) in [6.45, 7) is 9.82. The first-order chi connectivity index (χ1) is 5.25. The van der Waals surface area contributed by atoms with Crippen LogP contribution in [0.4, 0.5) is 0 Å². The van der Waals surface area contributed by atoms with E-state index >= 15 is 0 Å². The lowest BCUT2D eigenvalue weighted by molar-refractivity contribution is 0.726. The number of hydrogen-bond donors (Lipinski definition) is 0. The second-order valence-electron chi connectivity index (χ2n) is 3.27. The molecule has 0 saturated heterocycles. The van der Waals surface area contributed by atoms with Gasteiger partial charge < -0.3 is 0 Å². The Morgan fingerprint density at radius 1 is 1.64 bits per heavy atom. The van der Waals surface area contributed by atoms with Gasteiger partial charge in [0.25, 0.3) is 0 Å². The molecule has 0 heteroatoms. The van der Waals surface area contributed by atoms with Gasteiger partial charge in [-0.1, -0.05) is 36.5 Å². The van der Waals surface area contributed by atoms with Gasteiger partial charge in [-0.05, 0) is 26.2 Å². The van der Waals surface area contributed by atoms with E-state index in [1.807, 2.05) is 6.08 Å². The van der Waals surface area contributed by atoms with Gasteiger partial charge in [0.05, 0.1) is 0 Å². The molecule has 1 aliphatic carbocycles. The average Bonchev–Trinajstić information content (AvgIpc) is 2.36. The van der Waals surface area contributed by atoms with Crippen LogP contribution in [0.25, 0.3) is 0 Å². The Labute approximate surface area is 69.3 Å². The summed E-state index contributed by atoms with van der Waals surface area (Å²) in [5.74, 6) is 0.646. The summed E-state index contributed by atoms with van der Waals surface area (Å²) in [5, 5.41) is 0. The van der Waals surface area contributed by atoms with E-state index in [4.69, 9.17) is 0 Å². The van der Waals surface area contributed by atoms with Gasteiger partial charge in [0, 0.05) is 5.92 Å². The summed E-state index contributed by atoms with van der Waals surface area (Å²) in [6, 6.07) is 0. The van der Waals surface area contributed by atoms with Crippen LogP contribution in [0.15, 0.2) is 36.5 Å². The van der Waals surface area contributed by atoms with Crippen molar-refractivity contribution < 1.29 is 0 Å². The zero-order valence-electron chi connectivity index (χ0n) is 7.27. The van der Waals surface area contributed by atoms with E-state index < -0.39 is 0 Å². The SMILES string of the molecule is C=C/C=C1\CCCC1C(=C)C. The molecule has 0 aromatic heterocycles. The van der Waals surface area contributed by atoms with Gasteiger partial charge in [0.15, 0.2) is 0 Å². The maximum absolute atomic E-state index is 3.99. The number of hydrogen-bond acceptors (Lipinski definition) is 0. The van der Waals surface area contributed by atoms with Crippen molar-refractivity contribution >= 4 is 0 Å². The molecule has 0 nitrogen and oxygen atoms in total. The van der Waals surface area contributed by atoms with Crippen molar-refractivity contribution in [1.82, 2.24) is 0 Å². The van der Waals surface area contributed by atoms with Crippen molar-refractivity contribution in [2.24, 2.45) is 5.92 Å². The lowest BCUT2D eigenvalue weighted by atomic mass is 9.96. The smallest absolute Gasteiger partial charge is 0.000470 e. The standard InChI is InChI=1S/C11H16/c1-4-6-10-7-5-8-11(10)9(2)3/h4,6,11H,1-2,5,7-8H2,3H3/b10-6+. The van der Waals surface area contributed by atoms with Crippen LogP contribution in [0.2, 0.25) is 0 Å². The van der Waals surface area contributed by atoms with Crippen LogP contribution in [0.5, 0.6) is 0 Å². The fraction of sp³-hybridized carbons (Fsp3) is 0.455. The molecule has 11 heavy (non-hydrogen) atoms. The molecular weight excluding hydrogens is 132 g/mol. The number of rotatable bonds is 2. The molecule has 0 aromatic carbocycles. The molecule has 1 fully saturated rings. The zero-order chi connectivity index (χ0) is 8.27. The predicted octanol–water partition coefficient (Wildman–Crippen LogP) is 3.48. The van der Waals surface area contributed by atoms with Crippen molar-refractivity contribution in [3.05, 3.63) is 36.5 Å². The summed E-state index contributed by atoms with van der Waals surface area (Å²) >= 11 is 0. The zero-order valence-corrected chi connectivity index (χ0v) is 7.27. The summed E-state index contributed by atoms with van der Waals surface area (Å²) < 4.78 is 0. The molecule has 0 bridgehead atoms. The quantitative estimate of drug-likeness (QED) is 0.526. The monoisotopic (exact) mass is 148 g/mol. The first kappa shape index (κ1) is 8.32. The third kappa shape index (κ3) is 1.83. The lowest BCUT2D eigenvalue weighted by Gasteiger charge is -2.10. The topological polar surface area (TPSA) is 0 Å².